The van der Waals surface area contributed by atoms with E-state index in [1.165, 1.54) is 0 Å². The zero-order valence-electron chi connectivity index (χ0n) is 11.2. The van der Waals surface area contributed by atoms with Gasteiger partial charge in [0.2, 0.25) is 0 Å². The van der Waals surface area contributed by atoms with Crippen LogP contribution in [0, 0.1) is 18.3 Å². The Bertz CT molecular complexity index is 856. The van der Waals surface area contributed by atoms with Crippen LogP contribution in [0.1, 0.15) is 11.1 Å². The lowest BCUT2D eigenvalue weighted by Gasteiger charge is -2.05. The first kappa shape index (κ1) is 12.9. The second-order valence-electron chi connectivity index (χ2n) is 4.74. The molecule has 0 spiro atoms. The van der Waals surface area contributed by atoms with E-state index in [9.17, 15) is 5.26 Å². The van der Waals surface area contributed by atoms with Crippen LogP contribution in [0.5, 0.6) is 0 Å². The molecule has 3 aromatic rings. The summed E-state index contributed by atoms with van der Waals surface area (Å²) in [6.45, 7) is 2.05. The number of para-hydroxylation sites is 1. The summed E-state index contributed by atoms with van der Waals surface area (Å²) >= 11 is 3.51. The average Bonchev–Trinajstić information content (AvgIpc) is 2.79. The van der Waals surface area contributed by atoms with E-state index in [4.69, 9.17) is 0 Å². The summed E-state index contributed by atoms with van der Waals surface area (Å²) in [6.07, 6.45) is 0. The van der Waals surface area contributed by atoms with Gasteiger partial charge < -0.3 is 4.57 Å². The molecule has 4 heteroatoms. The Balaban J connectivity index is 2.29. The lowest BCUT2D eigenvalue weighted by Crippen LogP contribution is -1.92. The predicted octanol–water partition coefficient (Wildman–Crippen LogP) is 4.18. The largest absolute Gasteiger partial charge is 0.327 e. The first-order chi connectivity index (χ1) is 9.61. The number of benzene rings is 2. The van der Waals surface area contributed by atoms with E-state index in [0.717, 1.165) is 32.5 Å². The van der Waals surface area contributed by atoms with Crippen LogP contribution in [0.2, 0.25) is 0 Å². The van der Waals surface area contributed by atoms with Gasteiger partial charge in [0, 0.05) is 17.1 Å². The second kappa shape index (κ2) is 4.77. The number of nitrogens with zero attached hydrogens (tertiary/aromatic N) is 3. The zero-order valence-corrected chi connectivity index (χ0v) is 12.8. The number of aromatic nitrogens is 2. The fourth-order valence-corrected chi connectivity index (χ4v) is 2.59. The quantitative estimate of drug-likeness (QED) is 0.673. The molecule has 1 aromatic heterocycles. The van der Waals surface area contributed by atoms with E-state index in [0.29, 0.717) is 5.56 Å². The molecule has 0 aliphatic carbocycles. The summed E-state index contributed by atoms with van der Waals surface area (Å²) in [7, 11) is 1.98. The minimum atomic E-state index is 0.609. The summed E-state index contributed by atoms with van der Waals surface area (Å²) in [6, 6.07) is 14.0. The van der Waals surface area contributed by atoms with Gasteiger partial charge >= 0.3 is 0 Å². The number of nitriles is 1. The first-order valence-electron chi connectivity index (χ1n) is 6.24. The van der Waals surface area contributed by atoms with Crippen LogP contribution in [0.4, 0.5) is 0 Å². The highest BCUT2D eigenvalue weighted by atomic mass is 79.9. The van der Waals surface area contributed by atoms with E-state index in [-0.39, 0.29) is 0 Å². The summed E-state index contributed by atoms with van der Waals surface area (Å²) in [5.74, 6) is 0.873. The molecule has 2 aromatic carbocycles. The highest BCUT2D eigenvalue weighted by molar-refractivity contribution is 9.10. The third-order valence-corrected chi connectivity index (χ3v) is 4.34. The highest BCUT2D eigenvalue weighted by Crippen LogP contribution is 2.28. The molecule has 0 aliphatic rings. The van der Waals surface area contributed by atoms with Crippen molar-refractivity contribution in [2.75, 3.05) is 0 Å². The second-order valence-corrected chi connectivity index (χ2v) is 5.60. The van der Waals surface area contributed by atoms with Gasteiger partial charge in [0.1, 0.15) is 17.4 Å². The molecule has 98 valence electrons. The monoisotopic (exact) mass is 325 g/mol. The van der Waals surface area contributed by atoms with E-state index in [1.807, 2.05) is 35.9 Å². The topological polar surface area (TPSA) is 41.6 Å². The highest BCUT2D eigenvalue weighted by Gasteiger charge is 2.13. The predicted molar refractivity (Wildman–Crippen MR) is 83.3 cm³/mol. The van der Waals surface area contributed by atoms with Crippen LogP contribution in [-0.4, -0.2) is 9.55 Å². The first-order valence-corrected chi connectivity index (χ1v) is 7.03. The molecule has 0 fully saturated rings. The molecule has 0 N–H and O–H groups in total. The fraction of sp³-hybridized carbons (Fsp3) is 0.125. The van der Waals surface area contributed by atoms with Gasteiger partial charge in [-0.15, -0.1) is 0 Å². The number of halogens is 1. The van der Waals surface area contributed by atoms with Crippen molar-refractivity contribution in [2.24, 2.45) is 7.05 Å². The van der Waals surface area contributed by atoms with Gasteiger partial charge in [-0.3, -0.25) is 0 Å². The number of rotatable bonds is 1. The smallest absolute Gasteiger partial charge is 0.140 e. The number of hydrogen-bond acceptors (Lipinski definition) is 2. The molecule has 0 amide bonds. The van der Waals surface area contributed by atoms with Gasteiger partial charge in [-0.05, 0) is 36.8 Å². The molecule has 0 bridgehead atoms. The molecule has 0 saturated heterocycles. The maximum atomic E-state index is 9.18. The van der Waals surface area contributed by atoms with E-state index >= 15 is 0 Å². The van der Waals surface area contributed by atoms with Crippen LogP contribution in [0.3, 0.4) is 0 Å². The van der Waals surface area contributed by atoms with Crippen LogP contribution in [0.15, 0.2) is 40.9 Å². The fourth-order valence-electron chi connectivity index (χ4n) is 2.35. The number of aryl methyl sites for hydroxylation is 2. The van der Waals surface area contributed by atoms with Crippen molar-refractivity contribution in [1.82, 2.24) is 9.55 Å². The van der Waals surface area contributed by atoms with Crippen molar-refractivity contribution in [3.63, 3.8) is 0 Å². The van der Waals surface area contributed by atoms with Crippen molar-refractivity contribution in [3.05, 3.63) is 52.0 Å². The van der Waals surface area contributed by atoms with Gasteiger partial charge in [-0.1, -0.05) is 28.1 Å². The number of imidazole rings is 1. The molecular formula is C16H12BrN3. The minimum absolute atomic E-state index is 0.609. The van der Waals surface area contributed by atoms with E-state index < -0.39 is 0 Å². The maximum absolute atomic E-state index is 9.18. The molecular weight excluding hydrogens is 314 g/mol. The molecule has 0 aliphatic heterocycles. The normalized spacial score (nSPS) is 10.7. The lowest BCUT2D eigenvalue weighted by molar-refractivity contribution is 0.959. The van der Waals surface area contributed by atoms with Gasteiger partial charge in [-0.2, -0.15) is 5.26 Å². The Labute approximate surface area is 125 Å². The van der Waals surface area contributed by atoms with Crippen molar-refractivity contribution < 1.29 is 0 Å². The number of hydrogen-bond donors (Lipinski definition) is 0. The Hall–Kier alpha value is -2.12. The van der Waals surface area contributed by atoms with Crippen molar-refractivity contribution >= 4 is 27.0 Å². The van der Waals surface area contributed by atoms with Gasteiger partial charge in [0.15, 0.2) is 0 Å². The standard InChI is InChI=1S/C16H12BrN3/c1-10-8-11(6-7-13(10)17)16-19-15-12(9-18)4-3-5-14(15)20(16)2/h3-8H,1-2H3. The SMILES string of the molecule is Cc1cc(-c2nc3c(C#N)cccc3n2C)ccc1Br. The zero-order chi connectivity index (χ0) is 14.3. The maximum Gasteiger partial charge on any atom is 0.140 e. The Morgan fingerprint density at radius 1 is 1.25 bits per heavy atom. The van der Waals surface area contributed by atoms with Crippen LogP contribution >= 0.6 is 15.9 Å². The van der Waals surface area contributed by atoms with Crippen LogP contribution < -0.4 is 0 Å². The number of fused-ring (bicyclic) bond motifs is 1. The molecule has 1 heterocycles. The van der Waals surface area contributed by atoms with Gasteiger partial charge in [0.25, 0.3) is 0 Å². The molecule has 3 rings (SSSR count). The Morgan fingerprint density at radius 2 is 2.05 bits per heavy atom. The van der Waals surface area contributed by atoms with Crippen LogP contribution in [0.25, 0.3) is 22.4 Å². The average molecular weight is 326 g/mol. The van der Waals surface area contributed by atoms with Gasteiger partial charge in [0.05, 0.1) is 11.1 Å². The lowest BCUT2D eigenvalue weighted by atomic mass is 10.1. The van der Waals surface area contributed by atoms with E-state index in [2.05, 4.69) is 40.0 Å². The molecule has 0 radical (unpaired) electrons. The molecule has 0 atom stereocenters. The van der Waals surface area contributed by atoms with E-state index in [1.54, 1.807) is 6.07 Å². The molecule has 3 nitrogen and oxygen atoms in total. The summed E-state index contributed by atoms with van der Waals surface area (Å²) in [4.78, 5) is 4.65. The molecule has 0 saturated carbocycles. The summed E-state index contributed by atoms with van der Waals surface area (Å²) in [5.41, 5.74) is 4.55. The third-order valence-electron chi connectivity index (χ3n) is 3.45. The van der Waals surface area contributed by atoms with Crippen molar-refractivity contribution in [2.45, 2.75) is 6.92 Å². The van der Waals surface area contributed by atoms with Crippen molar-refractivity contribution in [3.8, 4) is 17.5 Å². The Kier molecular flexibility index (Phi) is 3.07. The Morgan fingerprint density at radius 3 is 2.75 bits per heavy atom. The summed E-state index contributed by atoms with van der Waals surface area (Å²) < 4.78 is 3.11. The van der Waals surface area contributed by atoms with Crippen LogP contribution in [-0.2, 0) is 7.05 Å². The van der Waals surface area contributed by atoms with Gasteiger partial charge in [-0.25, -0.2) is 4.98 Å². The summed E-state index contributed by atoms with van der Waals surface area (Å²) in [5, 5.41) is 9.18. The third kappa shape index (κ3) is 1.91. The molecule has 20 heavy (non-hydrogen) atoms. The molecule has 0 unspecified atom stereocenters. The minimum Gasteiger partial charge on any atom is -0.327 e. The van der Waals surface area contributed by atoms with Crippen molar-refractivity contribution in [1.29, 1.82) is 5.26 Å².